The fourth-order valence-electron chi connectivity index (χ4n) is 4.05. The average molecular weight is 489 g/mol. The second-order valence-corrected chi connectivity index (χ2v) is 7.41. The van der Waals surface area contributed by atoms with Crippen molar-refractivity contribution in [3.05, 3.63) is 24.2 Å². The molecule has 0 radical (unpaired) electrons. The van der Waals surface area contributed by atoms with Crippen molar-refractivity contribution >= 4 is 29.9 Å². The van der Waals surface area contributed by atoms with Crippen LogP contribution in [0.3, 0.4) is 0 Å². The molecule has 0 aromatic carbocycles. The van der Waals surface area contributed by atoms with Gasteiger partial charge in [-0.15, -0.1) is 24.0 Å². The summed E-state index contributed by atoms with van der Waals surface area (Å²) in [7, 11) is 1.85. The lowest BCUT2D eigenvalue weighted by Crippen LogP contribution is -2.44. The molecule has 0 amide bonds. The van der Waals surface area contributed by atoms with Gasteiger partial charge in [-0.1, -0.05) is 12.8 Å². The highest BCUT2D eigenvalue weighted by atomic mass is 127. The first-order valence-electron chi connectivity index (χ1n) is 10.3. The van der Waals surface area contributed by atoms with Crippen LogP contribution in [0.4, 0.5) is 0 Å². The molecule has 1 aromatic rings. The molecule has 0 aliphatic carbocycles. The van der Waals surface area contributed by atoms with Gasteiger partial charge in [0.05, 0.1) is 12.3 Å². The third-order valence-corrected chi connectivity index (χ3v) is 5.56. The Morgan fingerprint density at radius 2 is 1.78 bits per heavy atom. The minimum Gasteiger partial charge on any atom is -0.468 e. The summed E-state index contributed by atoms with van der Waals surface area (Å²) in [6.07, 6.45) is 9.78. The summed E-state index contributed by atoms with van der Waals surface area (Å²) in [6.45, 7) is 7.62. The van der Waals surface area contributed by atoms with Gasteiger partial charge in [0.2, 0.25) is 0 Å². The van der Waals surface area contributed by atoms with Gasteiger partial charge in [-0.2, -0.15) is 0 Å². The van der Waals surface area contributed by atoms with Crippen LogP contribution in [0.5, 0.6) is 0 Å². The van der Waals surface area contributed by atoms with Crippen molar-refractivity contribution in [3.8, 4) is 0 Å². The molecular formula is C20H36IN5O. The quantitative estimate of drug-likeness (QED) is 0.351. The first-order valence-corrected chi connectivity index (χ1v) is 10.3. The van der Waals surface area contributed by atoms with E-state index in [2.05, 4.69) is 31.5 Å². The lowest BCUT2D eigenvalue weighted by Gasteiger charge is -2.27. The third-order valence-electron chi connectivity index (χ3n) is 5.56. The molecule has 1 unspecified atom stereocenters. The SMILES string of the molecule is CN=C(NCCN1CCCCCC1)NCC(c1ccco1)N1CCCC1.I. The van der Waals surface area contributed by atoms with Crippen molar-refractivity contribution < 1.29 is 4.42 Å². The van der Waals surface area contributed by atoms with Crippen LogP contribution >= 0.6 is 24.0 Å². The summed E-state index contributed by atoms with van der Waals surface area (Å²) in [5.74, 6) is 1.93. The van der Waals surface area contributed by atoms with Gasteiger partial charge >= 0.3 is 0 Å². The third kappa shape index (κ3) is 7.27. The van der Waals surface area contributed by atoms with E-state index >= 15 is 0 Å². The molecule has 2 N–H and O–H groups in total. The Labute approximate surface area is 181 Å². The largest absolute Gasteiger partial charge is 0.468 e. The normalized spacial score (nSPS) is 20.7. The molecular weight excluding hydrogens is 453 g/mol. The first kappa shape index (κ1) is 22.5. The fourth-order valence-corrected chi connectivity index (χ4v) is 4.05. The zero-order valence-electron chi connectivity index (χ0n) is 16.7. The van der Waals surface area contributed by atoms with Crippen LogP contribution in [0.2, 0.25) is 0 Å². The maximum absolute atomic E-state index is 5.70. The van der Waals surface area contributed by atoms with E-state index < -0.39 is 0 Å². The van der Waals surface area contributed by atoms with Crippen molar-refractivity contribution in [2.75, 3.05) is 52.9 Å². The molecule has 0 spiro atoms. The van der Waals surface area contributed by atoms with Crippen LogP contribution in [0.15, 0.2) is 27.8 Å². The van der Waals surface area contributed by atoms with Crippen LogP contribution < -0.4 is 10.6 Å². The van der Waals surface area contributed by atoms with E-state index in [0.717, 1.165) is 44.4 Å². The van der Waals surface area contributed by atoms with E-state index in [9.17, 15) is 0 Å². The number of hydrogen-bond donors (Lipinski definition) is 2. The summed E-state index contributed by atoms with van der Waals surface area (Å²) >= 11 is 0. The van der Waals surface area contributed by atoms with E-state index in [1.807, 2.05) is 13.1 Å². The van der Waals surface area contributed by atoms with E-state index in [0.29, 0.717) is 0 Å². The lowest BCUT2D eigenvalue weighted by molar-refractivity contribution is 0.215. The molecule has 27 heavy (non-hydrogen) atoms. The minimum absolute atomic E-state index is 0. The van der Waals surface area contributed by atoms with Crippen LogP contribution in [-0.2, 0) is 0 Å². The monoisotopic (exact) mass is 489 g/mol. The molecule has 0 bridgehead atoms. The number of rotatable bonds is 7. The first-order chi connectivity index (χ1) is 12.9. The van der Waals surface area contributed by atoms with Gasteiger partial charge in [0, 0.05) is 26.7 Å². The standard InChI is InChI=1S/C20H35N5O.HI/c1-21-20(22-10-15-24-11-4-2-3-5-12-24)23-17-18(19-9-8-16-26-19)25-13-6-7-14-25;/h8-9,16,18H,2-7,10-15,17H2,1H3,(H2,21,22,23);1H. The summed E-state index contributed by atoms with van der Waals surface area (Å²) in [6, 6.07) is 4.34. The predicted octanol–water partition coefficient (Wildman–Crippen LogP) is 3.08. The maximum atomic E-state index is 5.70. The Morgan fingerprint density at radius 1 is 1.07 bits per heavy atom. The van der Waals surface area contributed by atoms with Crippen LogP contribution in [0, 0.1) is 0 Å². The highest BCUT2D eigenvalue weighted by Gasteiger charge is 2.25. The summed E-state index contributed by atoms with van der Waals surface area (Å²) < 4.78 is 5.70. The van der Waals surface area contributed by atoms with Crippen LogP contribution in [0.25, 0.3) is 0 Å². The predicted molar refractivity (Wildman–Crippen MR) is 122 cm³/mol. The minimum atomic E-state index is 0. The molecule has 1 aromatic heterocycles. The number of nitrogens with one attached hydrogen (secondary N) is 2. The second kappa shape index (κ2) is 12.6. The average Bonchev–Trinajstić information content (AvgIpc) is 3.32. The second-order valence-electron chi connectivity index (χ2n) is 7.41. The van der Waals surface area contributed by atoms with Crippen molar-refractivity contribution in [2.45, 2.75) is 44.6 Å². The summed E-state index contributed by atoms with van der Waals surface area (Å²) in [5, 5.41) is 6.98. The maximum Gasteiger partial charge on any atom is 0.191 e. The van der Waals surface area contributed by atoms with Crippen molar-refractivity contribution in [1.29, 1.82) is 0 Å². The van der Waals surface area contributed by atoms with Gasteiger partial charge < -0.3 is 20.0 Å². The van der Waals surface area contributed by atoms with Crippen molar-refractivity contribution in [2.24, 2.45) is 4.99 Å². The van der Waals surface area contributed by atoms with Gasteiger partial charge in [-0.05, 0) is 64.0 Å². The number of likely N-dealkylation sites (tertiary alicyclic amines) is 2. The van der Waals surface area contributed by atoms with Gasteiger partial charge in [-0.25, -0.2) is 0 Å². The van der Waals surface area contributed by atoms with E-state index in [-0.39, 0.29) is 30.0 Å². The molecule has 6 nitrogen and oxygen atoms in total. The zero-order chi connectivity index (χ0) is 18.0. The molecule has 7 heteroatoms. The number of aliphatic imine (C=N–C) groups is 1. The Bertz CT molecular complexity index is 522. The summed E-state index contributed by atoms with van der Waals surface area (Å²) in [4.78, 5) is 9.48. The van der Waals surface area contributed by atoms with Crippen molar-refractivity contribution in [1.82, 2.24) is 20.4 Å². The number of nitrogens with zero attached hydrogens (tertiary/aromatic N) is 3. The Kier molecular flexibility index (Phi) is 10.5. The van der Waals surface area contributed by atoms with Crippen LogP contribution in [0.1, 0.15) is 50.3 Å². The molecule has 1 atom stereocenters. The number of furan rings is 1. The Morgan fingerprint density at radius 3 is 2.41 bits per heavy atom. The number of halogens is 1. The highest BCUT2D eigenvalue weighted by molar-refractivity contribution is 14.0. The summed E-state index contributed by atoms with van der Waals surface area (Å²) in [5.41, 5.74) is 0. The van der Waals surface area contributed by atoms with Crippen molar-refractivity contribution in [3.63, 3.8) is 0 Å². The molecule has 2 saturated heterocycles. The molecule has 2 aliphatic rings. The Hall–Kier alpha value is -0.800. The van der Waals surface area contributed by atoms with E-state index in [1.165, 1.54) is 51.6 Å². The number of guanidine groups is 1. The molecule has 3 rings (SSSR count). The van der Waals surface area contributed by atoms with Gasteiger partial charge in [-0.3, -0.25) is 9.89 Å². The molecule has 154 valence electrons. The number of hydrogen-bond acceptors (Lipinski definition) is 4. The molecule has 2 fully saturated rings. The zero-order valence-corrected chi connectivity index (χ0v) is 19.0. The van der Waals surface area contributed by atoms with Gasteiger partial charge in [0.15, 0.2) is 5.96 Å². The van der Waals surface area contributed by atoms with Gasteiger partial charge in [0.25, 0.3) is 0 Å². The van der Waals surface area contributed by atoms with E-state index in [1.54, 1.807) is 6.26 Å². The lowest BCUT2D eigenvalue weighted by atomic mass is 10.2. The highest BCUT2D eigenvalue weighted by Crippen LogP contribution is 2.24. The smallest absolute Gasteiger partial charge is 0.191 e. The topological polar surface area (TPSA) is 56.0 Å². The van der Waals surface area contributed by atoms with E-state index in [4.69, 9.17) is 4.42 Å². The Balaban J connectivity index is 0.00000261. The molecule has 2 aliphatic heterocycles. The fraction of sp³-hybridized carbons (Fsp3) is 0.750. The molecule has 0 saturated carbocycles. The van der Waals surface area contributed by atoms with Gasteiger partial charge in [0.1, 0.15) is 5.76 Å². The van der Waals surface area contributed by atoms with Crippen LogP contribution in [-0.4, -0.2) is 68.6 Å². The molecule has 3 heterocycles.